The Morgan fingerprint density at radius 3 is 2.44 bits per heavy atom. The molecule has 2 aromatic carbocycles. The molecule has 8 heteroatoms. The predicted octanol–water partition coefficient (Wildman–Crippen LogP) is 4.97. The number of hydrogen-bond acceptors (Lipinski definition) is 4. The van der Waals surface area contributed by atoms with Gasteiger partial charge in [-0.15, -0.1) is 0 Å². The van der Waals surface area contributed by atoms with Crippen molar-refractivity contribution in [1.29, 1.82) is 0 Å². The molecule has 3 aromatic rings. The predicted molar refractivity (Wildman–Crippen MR) is 117 cm³/mol. The lowest BCUT2D eigenvalue weighted by molar-refractivity contribution is -0.136. The van der Waals surface area contributed by atoms with Crippen molar-refractivity contribution >= 4 is 10.9 Å². The first kappa shape index (κ1) is 22.3. The van der Waals surface area contributed by atoms with Crippen LogP contribution in [-0.4, -0.2) is 40.7 Å². The second-order valence-corrected chi connectivity index (χ2v) is 8.10. The molecule has 0 amide bonds. The van der Waals surface area contributed by atoms with E-state index in [-0.39, 0.29) is 5.52 Å². The zero-order chi connectivity index (χ0) is 22.7. The van der Waals surface area contributed by atoms with Gasteiger partial charge in [0.05, 0.1) is 28.8 Å². The minimum absolute atomic E-state index is 0.0345. The number of likely N-dealkylation sites (tertiary alicyclic amines) is 1. The van der Waals surface area contributed by atoms with Gasteiger partial charge < -0.3 is 9.64 Å². The summed E-state index contributed by atoms with van der Waals surface area (Å²) in [5.74, 6) is 0.972. The summed E-state index contributed by atoms with van der Waals surface area (Å²) in [5.41, 5.74) is -1.24. The highest BCUT2D eigenvalue weighted by Crippen LogP contribution is 2.33. The van der Waals surface area contributed by atoms with E-state index in [2.05, 4.69) is 9.88 Å². The molecule has 5 nitrogen and oxygen atoms in total. The van der Waals surface area contributed by atoms with Crippen LogP contribution in [0.2, 0.25) is 0 Å². The summed E-state index contributed by atoms with van der Waals surface area (Å²) in [7, 11) is 0. The molecule has 0 radical (unpaired) electrons. The summed E-state index contributed by atoms with van der Waals surface area (Å²) >= 11 is 0. The van der Waals surface area contributed by atoms with Crippen molar-refractivity contribution in [2.24, 2.45) is 0 Å². The number of hydrogen-bond donors (Lipinski definition) is 0. The topological polar surface area (TPSA) is 47.4 Å². The van der Waals surface area contributed by atoms with Crippen molar-refractivity contribution in [1.82, 2.24) is 14.5 Å². The number of rotatable bonds is 6. The third-order valence-electron chi connectivity index (χ3n) is 5.80. The van der Waals surface area contributed by atoms with Crippen LogP contribution in [0.15, 0.2) is 47.3 Å². The van der Waals surface area contributed by atoms with Crippen molar-refractivity contribution in [2.75, 3.05) is 26.2 Å². The smallest absolute Gasteiger partial charge is 0.417 e. The maximum atomic E-state index is 13.5. The van der Waals surface area contributed by atoms with Crippen LogP contribution in [0.5, 0.6) is 5.75 Å². The van der Waals surface area contributed by atoms with E-state index in [9.17, 15) is 18.0 Å². The average Bonchev–Trinajstić information content (AvgIpc) is 2.77. The van der Waals surface area contributed by atoms with Gasteiger partial charge in [-0.2, -0.15) is 13.2 Å². The Bertz CT molecular complexity index is 1130. The highest BCUT2D eigenvalue weighted by molar-refractivity contribution is 5.82. The second-order valence-electron chi connectivity index (χ2n) is 8.10. The molecule has 1 saturated heterocycles. The first-order chi connectivity index (χ1) is 15.3. The van der Waals surface area contributed by atoms with E-state index in [1.165, 1.54) is 36.0 Å². The van der Waals surface area contributed by atoms with Crippen molar-refractivity contribution in [3.63, 3.8) is 0 Å². The fourth-order valence-electron chi connectivity index (χ4n) is 4.23. The lowest BCUT2D eigenvalue weighted by Gasteiger charge is -2.26. The Balaban J connectivity index is 1.52. The van der Waals surface area contributed by atoms with Gasteiger partial charge in [0.25, 0.3) is 5.56 Å². The SMILES string of the molecule is Cc1nc2cccc(C(F)(F)F)c2c(=O)n1-c1ccc(OCCCN2CCCCC2)cc1. The van der Waals surface area contributed by atoms with Gasteiger partial charge in [-0.25, -0.2) is 4.98 Å². The minimum atomic E-state index is -4.64. The highest BCUT2D eigenvalue weighted by atomic mass is 19.4. The summed E-state index contributed by atoms with van der Waals surface area (Å²) in [6, 6.07) is 10.4. The van der Waals surface area contributed by atoms with Crippen molar-refractivity contribution in [2.45, 2.75) is 38.8 Å². The highest BCUT2D eigenvalue weighted by Gasteiger charge is 2.34. The Hall–Kier alpha value is -2.87. The van der Waals surface area contributed by atoms with E-state index in [0.717, 1.165) is 32.1 Å². The van der Waals surface area contributed by atoms with Gasteiger partial charge in [0.15, 0.2) is 0 Å². The van der Waals surface area contributed by atoms with E-state index >= 15 is 0 Å². The summed E-state index contributed by atoms with van der Waals surface area (Å²) in [6.45, 7) is 5.50. The maximum Gasteiger partial charge on any atom is 0.417 e. The van der Waals surface area contributed by atoms with Gasteiger partial charge in [0.1, 0.15) is 11.6 Å². The third-order valence-corrected chi connectivity index (χ3v) is 5.80. The first-order valence-corrected chi connectivity index (χ1v) is 10.9. The molecule has 1 aliphatic rings. The average molecular weight is 445 g/mol. The molecule has 0 N–H and O–H groups in total. The molecule has 1 aliphatic heterocycles. The standard InChI is InChI=1S/C24H26F3N3O2/c1-17-28-21-8-5-7-20(24(25,26)27)22(21)23(31)30(17)18-9-11-19(12-10-18)32-16-6-15-29-13-3-2-4-14-29/h5,7-12H,2-4,6,13-16H2,1H3. The summed E-state index contributed by atoms with van der Waals surface area (Å²) in [4.78, 5) is 19.7. The number of benzene rings is 2. The molecule has 0 spiro atoms. The van der Waals surface area contributed by atoms with Crippen molar-refractivity contribution < 1.29 is 17.9 Å². The molecule has 2 heterocycles. The number of fused-ring (bicyclic) bond motifs is 1. The Morgan fingerprint density at radius 2 is 1.75 bits per heavy atom. The second kappa shape index (κ2) is 9.32. The number of piperidine rings is 1. The van der Waals surface area contributed by atoms with Gasteiger partial charge >= 0.3 is 6.18 Å². The molecule has 1 aromatic heterocycles. The first-order valence-electron chi connectivity index (χ1n) is 10.9. The zero-order valence-corrected chi connectivity index (χ0v) is 18.0. The monoisotopic (exact) mass is 445 g/mol. The third kappa shape index (κ3) is 4.80. The molecule has 32 heavy (non-hydrogen) atoms. The number of aryl methyl sites for hydroxylation is 1. The van der Waals surface area contributed by atoms with Crippen LogP contribution >= 0.6 is 0 Å². The molecule has 0 atom stereocenters. The molecule has 0 bridgehead atoms. The number of aromatic nitrogens is 2. The zero-order valence-electron chi connectivity index (χ0n) is 18.0. The molecular weight excluding hydrogens is 419 g/mol. The summed E-state index contributed by atoms with van der Waals surface area (Å²) < 4.78 is 47.4. The van der Waals surface area contributed by atoms with E-state index in [4.69, 9.17) is 4.74 Å². The number of alkyl halides is 3. The number of ether oxygens (including phenoxy) is 1. The van der Waals surface area contributed by atoms with E-state index in [0.29, 0.717) is 23.9 Å². The number of nitrogens with zero attached hydrogens (tertiary/aromatic N) is 3. The Kier molecular flexibility index (Phi) is 6.50. The van der Waals surface area contributed by atoms with Gasteiger partial charge in [-0.3, -0.25) is 9.36 Å². The van der Waals surface area contributed by atoms with Crippen LogP contribution in [-0.2, 0) is 6.18 Å². The van der Waals surface area contributed by atoms with Crippen LogP contribution in [0.3, 0.4) is 0 Å². The van der Waals surface area contributed by atoms with Crippen LogP contribution < -0.4 is 10.3 Å². The Labute approximate surface area is 184 Å². The molecule has 0 aliphatic carbocycles. The summed E-state index contributed by atoms with van der Waals surface area (Å²) in [5, 5.41) is -0.427. The molecule has 4 rings (SSSR count). The largest absolute Gasteiger partial charge is 0.494 e. The fourth-order valence-corrected chi connectivity index (χ4v) is 4.23. The minimum Gasteiger partial charge on any atom is -0.494 e. The van der Waals surface area contributed by atoms with Gasteiger partial charge in [-0.1, -0.05) is 12.5 Å². The normalized spacial score (nSPS) is 15.2. The number of halogens is 3. The van der Waals surface area contributed by atoms with Crippen LogP contribution in [0.4, 0.5) is 13.2 Å². The maximum absolute atomic E-state index is 13.5. The lowest BCUT2D eigenvalue weighted by Crippen LogP contribution is -2.31. The van der Waals surface area contributed by atoms with E-state index in [1.54, 1.807) is 31.2 Å². The molecule has 0 saturated carbocycles. The van der Waals surface area contributed by atoms with Gasteiger partial charge in [0.2, 0.25) is 0 Å². The molecule has 170 valence electrons. The molecule has 0 unspecified atom stereocenters. The van der Waals surface area contributed by atoms with Gasteiger partial charge in [0, 0.05) is 6.54 Å². The van der Waals surface area contributed by atoms with Crippen LogP contribution in [0.25, 0.3) is 16.6 Å². The van der Waals surface area contributed by atoms with Crippen molar-refractivity contribution in [3.05, 3.63) is 64.2 Å². The van der Waals surface area contributed by atoms with Crippen LogP contribution in [0.1, 0.15) is 37.1 Å². The van der Waals surface area contributed by atoms with E-state index < -0.39 is 22.7 Å². The summed E-state index contributed by atoms with van der Waals surface area (Å²) in [6.07, 6.45) is 0.116. The fraction of sp³-hybridized carbons (Fsp3) is 0.417. The van der Waals surface area contributed by atoms with Gasteiger partial charge in [-0.05, 0) is 75.7 Å². The molecule has 1 fully saturated rings. The van der Waals surface area contributed by atoms with Crippen LogP contribution in [0, 0.1) is 6.92 Å². The lowest BCUT2D eigenvalue weighted by atomic mass is 10.1. The molecular formula is C24H26F3N3O2. The Morgan fingerprint density at radius 1 is 1.03 bits per heavy atom. The van der Waals surface area contributed by atoms with Crippen molar-refractivity contribution in [3.8, 4) is 11.4 Å². The van der Waals surface area contributed by atoms with E-state index in [1.807, 2.05) is 0 Å². The quantitative estimate of drug-likeness (QED) is 0.503.